The van der Waals surface area contributed by atoms with Crippen LogP contribution in [0.15, 0.2) is 41.9 Å². The Kier molecular flexibility index (Phi) is 6.05. The second-order valence-electron chi connectivity index (χ2n) is 7.74. The number of sulfonamides is 1. The maximum absolute atomic E-state index is 13.1. The maximum atomic E-state index is 13.1. The van der Waals surface area contributed by atoms with Crippen LogP contribution in [-0.2, 0) is 21.4 Å². The van der Waals surface area contributed by atoms with Crippen LogP contribution in [-0.4, -0.2) is 77.3 Å². The molecule has 2 aliphatic rings. The van der Waals surface area contributed by atoms with E-state index in [-0.39, 0.29) is 23.4 Å². The maximum Gasteiger partial charge on any atom is 0.262 e. The third-order valence-corrected chi connectivity index (χ3v) is 7.63. The molecule has 0 aliphatic carbocycles. The number of carbonyl (C=O) groups is 1. The van der Waals surface area contributed by atoms with E-state index in [9.17, 15) is 13.2 Å². The van der Waals surface area contributed by atoms with Crippen LogP contribution in [0.5, 0.6) is 0 Å². The lowest BCUT2D eigenvalue weighted by Crippen LogP contribution is -2.53. The molecule has 4 heterocycles. The Bertz CT molecular complexity index is 969. The summed E-state index contributed by atoms with van der Waals surface area (Å²) in [6.45, 7) is 5.95. The molecule has 2 fully saturated rings. The average molecular weight is 433 g/mol. The molecule has 0 unspecified atom stereocenters. The lowest BCUT2D eigenvalue weighted by molar-refractivity contribution is -0.137. The monoisotopic (exact) mass is 432 g/mol. The van der Waals surface area contributed by atoms with Gasteiger partial charge in [-0.05, 0) is 31.9 Å². The van der Waals surface area contributed by atoms with E-state index in [2.05, 4.69) is 14.9 Å². The fraction of sp³-hybridized carbons (Fsp3) is 0.550. The van der Waals surface area contributed by atoms with Gasteiger partial charge in [-0.3, -0.25) is 4.79 Å². The summed E-state index contributed by atoms with van der Waals surface area (Å²) in [5.41, 5.74) is 0. The first-order chi connectivity index (χ1) is 14.5. The number of aromatic nitrogens is 3. The summed E-state index contributed by atoms with van der Waals surface area (Å²) in [4.78, 5) is 25.6. The van der Waals surface area contributed by atoms with Crippen molar-refractivity contribution in [2.75, 3.05) is 44.2 Å². The predicted molar refractivity (Wildman–Crippen MR) is 112 cm³/mol. The molecule has 2 aromatic heterocycles. The fourth-order valence-corrected chi connectivity index (χ4v) is 5.55. The van der Waals surface area contributed by atoms with E-state index in [1.807, 2.05) is 30.0 Å². The first-order valence-electron chi connectivity index (χ1n) is 10.5. The van der Waals surface area contributed by atoms with Crippen molar-refractivity contribution in [3.8, 4) is 0 Å². The molecule has 162 valence electrons. The molecule has 1 amide bonds. The molecule has 2 saturated heterocycles. The highest BCUT2D eigenvalue weighted by Gasteiger charge is 2.36. The molecule has 9 nitrogen and oxygen atoms in total. The summed E-state index contributed by atoms with van der Waals surface area (Å²) < 4.78 is 29.1. The number of amides is 1. The van der Waals surface area contributed by atoms with Crippen molar-refractivity contribution in [1.29, 1.82) is 0 Å². The number of hydrogen-bond acceptors (Lipinski definition) is 6. The second-order valence-corrected chi connectivity index (χ2v) is 9.63. The van der Waals surface area contributed by atoms with Crippen LogP contribution >= 0.6 is 0 Å². The van der Waals surface area contributed by atoms with E-state index >= 15 is 0 Å². The van der Waals surface area contributed by atoms with Gasteiger partial charge in [-0.2, -0.15) is 4.31 Å². The lowest BCUT2D eigenvalue weighted by Gasteiger charge is -2.39. The summed E-state index contributed by atoms with van der Waals surface area (Å²) in [6, 6.07) is 5.82. The van der Waals surface area contributed by atoms with Gasteiger partial charge in [0.2, 0.25) is 5.91 Å². The molecule has 0 radical (unpaired) electrons. The Balaban J connectivity index is 1.38. The number of aryl methyl sites for hydroxylation is 1. The van der Waals surface area contributed by atoms with Crippen LogP contribution in [0, 0.1) is 5.92 Å². The highest BCUT2D eigenvalue weighted by atomic mass is 32.2. The number of piperazine rings is 1. The van der Waals surface area contributed by atoms with Crippen molar-refractivity contribution in [2.45, 2.75) is 31.3 Å². The quantitative estimate of drug-likeness (QED) is 0.701. The molecule has 1 atom stereocenters. The van der Waals surface area contributed by atoms with Crippen LogP contribution in [0.2, 0.25) is 0 Å². The number of anilines is 1. The number of imidazole rings is 1. The van der Waals surface area contributed by atoms with E-state index in [1.165, 1.54) is 10.6 Å². The molecular formula is C20H28N6O3S. The van der Waals surface area contributed by atoms with Gasteiger partial charge in [-0.25, -0.2) is 18.4 Å². The number of nitrogens with zero attached hydrogens (tertiary/aromatic N) is 6. The normalized spacial score (nSPS) is 21.0. The standard InChI is InChI=1S/C20H28N6O3S/c1-2-23-15-19(22-16-23)30(28,29)26-9-5-6-17(14-26)20(27)25-12-10-24(11-13-25)18-7-3-4-8-21-18/h3-4,7-8,15-17H,2,5-6,9-14H2,1H3/t17-/m0/s1. The first-order valence-corrected chi connectivity index (χ1v) is 11.9. The van der Waals surface area contributed by atoms with Gasteiger partial charge in [-0.1, -0.05) is 6.07 Å². The van der Waals surface area contributed by atoms with Gasteiger partial charge in [0, 0.05) is 58.2 Å². The molecule has 4 rings (SSSR count). The lowest BCUT2D eigenvalue weighted by atomic mass is 9.98. The first kappa shape index (κ1) is 20.8. The molecular weight excluding hydrogens is 404 g/mol. The molecule has 0 saturated carbocycles. The second kappa shape index (κ2) is 8.73. The molecule has 2 aliphatic heterocycles. The summed E-state index contributed by atoms with van der Waals surface area (Å²) in [5, 5.41) is 0.0569. The minimum atomic E-state index is -3.68. The highest BCUT2D eigenvalue weighted by Crippen LogP contribution is 2.25. The Labute approximate surface area is 177 Å². The average Bonchev–Trinajstić information content (AvgIpc) is 3.30. The fourth-order valence-electron chi connectivity index (χ4n) is 4.10. The van der Waals surface area contributed by atoms with Crippen molar-refractivity contribution < 1.29 is 13.2 Å². The number of piperidine rings is 1. The Morgan fingerprint density at radius 1 is 1.13 bits per heavy atom. The summed E-state index contributed by atoms with van der Waals surface area (Å²) in [7, 11) is -3.68. The molecule has 30 heavy (non-hydrogen) atoms. The largest absolute Gasteiger partial charge is 0.353 e. The molecule has 0 spiro atoms. The predicted octanol–water partition coefficient (Wildman–Crippen LogP) is 1.05. The van der Waals surface area contributed by atoms with Crippen LogP contribution in [0.25, 0.3) is 0 Å². The Hall–Kier alpha value is -2.46. The number of pyridine rings is 1. The van der Waals surface area contributed by atoms with Gasteiger partial charge in [0.25, 0.3) is 10.0 Å². The van der Waals surface area contributed by atoms with Gasteiger partial charge in [0.15, 0.2) is 5.03 Å². The van der Waals surface area contributed by atoms with E-state index < -0.39 is 10.0 Å². The molecule has 10 heteroatoms. The number of hydrogen-bond donors (Lipinski definition) is 0. The smallest absolute Gasteiger partial charge is 0.262 e. The minimum Gasteiger partial charge on any atom is -0.353 e. The van der Waals surface area contributed by atoms with Gasteiger partial charge in [0.05, 0.1) is 12.2 Å². The van der Waals surface area contributed by atoms with E-state index in [0.29, 0.717) is 39.0 Å². The van der Waals surface area contributed by atoms with Gasteiger partial charge >= 0.3 is 0 Å². The number of rotatable bonds is 5. The van der Waals surface area contributed by atoms with Crippen molar-refractivity contribution >= 4 is 21.7 Å². The van der Waals surface area contributed by atoms with Crippen molar-refractivity contribution in [3.63, 3.8) is 0 Å². The van der Waals surface area contributed by atoms with Gasteiger partial charge in [0.1, 0.15) is 5.82 Å². The van der Waals surface area contributed by atoms with Crippen LogP contribution in [0.1, 0.15) is 19.8 Å². The van der Waals surface area contributed by atoms with Crippen molar-refractivity contribution in [1.82, 2.24) is 23.7 Å². The number of carbonyl (C=O) groups excluding carboxylic acids is 1. The van der Waals surface area contributed by atoms with E-state index in [0.717, 1.165) is 18.9 Å². The summed E-state index contributed by atoms with van der Waals surface area (Å²) >= 11 is 0. The summed E-state index contributed by atoms with van der Waals surface area (Å²) in [6.07, 6.45) is 6.25. The topological polar surface area (TPSA) is 91.6 Å². The third kappa shape index (κ3) is 4.20. The zero-order chi connectivity index (χ0) is 21.1. The third-order valence-electron chi connectivity index (χ3n) is 5.88. The zero-order valence-corrected chi connectivity index (χ0v) is 18.0. The van der Waals surface area contributed by atoms with Crippen LogP contribution < -0.4 is 4.90 Å². The minimum absolute atomic E-state index is 0.0506. The van der Waals surface area contributed by atoms with E-state index in [4.69, 9.17) is 0 Å². The molecule has 0 bridgehead atoms. The molecule has 0 N–H and O–H groups in total. The summed E-state index contributed by atoms with van der Waals surface area (Å²) in [5.74, 6) is 0.670. The Morgan fingerprint density at radius 2 is 1.93 bits per heavy atom. The van der Waals surface area contributed by atoms with Gasteiger partial charge in [-0.15, -0.1) is 0 Å². The Morgan fingerprint density at radius 3 is 2.60 bits per heavy atom. The van der Waals surface area contributed by atoms with Crippen molar-refractivity contribution in [2.24, 2.45) is 5.92 Å². The zero-order valence-electron chi connectivity index (χ0n) is 17.2. The van der Waals surface area contributed by atoms with Crippen molar-refractivity contribution in [3.05, 3.63) is 36.9 Å². The SMILES string of the molecule is CCn1cnc(S(=O)(=O)N2CCC[C@H](C(=O)N3CCN(c4ccccn4)CC3)C2)c1. The molecule has 2 aromatic rings. The van der Waals surface area contributed by atoms with Crippen LogP contribution in [0.3, 0.4) is 0 Å². The van der Waals surface area contributed by atoms with Gasteiger partial charge < -0.3 is 14.4 Å². The molecule has 0 aromatic carbocycles. The van der Waals surface area contributed by atoms with Crippen LogP contribution in [0.4, 0.5) is 5.82 Å². The highest BCUT2D eigenvalue weighted by molar-refractivity contribution is 7.89. The van der Waals surface area contributed by atoms with E-state index in [1.54, 1.807) is 17.0 Å².